The summed E-state index contributed by atoms with van der Waals surface area (Å²) in [5, 5.41) is 0. The summed E-state index contributed by atoms with van der Waals surface area (Å²) in [6.45, 7) is 2.84. The highest BCUT2D eigenvalue weighted by Gasteiger charge is 2.22. The average molecular weight is 361 g/mol. The molecule has 1 amide bonds. The van der Waals surface area contributed by atoms with Crippen LogP contribution in [0.4, 0.5) is 0 Å². The van der Waals surface area contributed by atoms with Crippen molar-refractivity contribution in [3.05, 3.63) is 65.7 Å². The van der Waals surface area contributed by atoms with Gasteiger partial charge < -0.3 is 15.4 Å². The van der Waals surface area contributed by atoms with Gasteiger partial charge in [0.15, 0.2) is 0 Å². The van der Waals surface area contributed by atoms with E-state index in [0.29, 0.717) is 18.1 Å². The van der Waals surface area contributed by atoms with E-state index in [9.17, 15) is 4.79 Å². The summed E-state index contributed by atoms with van der Waals surface area (Å²) in [5.74, 6) is 1.43. The molecule has 2 aromatic rings. The fourth-order valence-corrected chi connectivity index (χ4v) is 2.99. The van der Waals surface area contributed by atoms with E-state index in [0.717, 1.165) is 43.8 Å². The minimum Gasteiger partial charge on any atom is -0.489 e. The molecule has 134 valence electrons. The van der Waals surface area contributed by atoms with Gasteiger partial charge >= 0.3 is 0 Å². The lowest BCUT2D eigenvalue weighted by Crippen LogP contribution is -2.40. The molecule has 0 unspecified atom stereocenters. The Morgan fingerprint density at radius 3 is 2.28 bits per heavy atom. The first kappa shape index (κ1) is 19.3. The number of ether oxygens (including phenoxy) is 1. The van der Waals surface area contributed by atoms with E-state index in [1.165, 1.54) is 0 Å². The maximum absolute atomic E-state index is 12.5. The number of halogens is 1. The van der Waals surface area contributed by atoms with Crippen LogP contribution in [0.1, 0.15) is 28.8 Å². The Morgan fingerprint density at radius 2 is 1.68 bits per heavy atom. The highest BCUT2D eigenvalue weighted by Crippen LogP contribution is 2.20. The zero-order valence-electron chi connectivity index (χ0n) is 14.3. The molecule has 2 aromatic carbocycles. The van der Waals surface area contributed by atoms with Crippen LogP contribution in [0.2, 0.25) is 0 Å². The van der Waals surface area contributed by atoms with Crippen molar-refractivity contribution in [1.82, 2.24) is 4.90 Å². The van der Waals surface area contributed by atoms with E-state index < -0.39 is 0 Å². The van der Waals surface area contributed by atoms with Crippen molar-refractivity contribution in [1.29, 1.82) is 0 Å². The number of likely N-dealkylation sites (tertiary alicyclic amines) is 1. The van der Waals surface area contributed by atoms with Crippen LogP contribution in [0, 0.1) is 5.92 Å². The minimum absolute atomic E-state index is 0. The van der Waals surface area contributed by atoms with Crippen LogP contribution in [-0.4, -0.2) is 30.4 Å². The van der Waals surface area contributed by atoms with Crippen LogP contribution in [-0.2, 0) is 6.61 Å². The van der Waals surface area contributed by atoms with Crippen molar-refractivity contribution >= 4 is 18.3 Å². The molecule has 4 nitrogen and oxygen atoms in total. The molecule has 0 saturated carbocycles. The van der Waals surface area contributed by atoms with Crippen molar-refractivity contribution in [3.63, 3.8) is 0 Å². The number of rotatable bonds is 5. The van der Waals surface area contributed by atoms with Crippen LogP contribution in [0.3, 0.4) is 0 Å². The van der Waals surface area contributed by atoms with Crippen LogP contribution < -0.4 is 10.5 Å². The van der Waals surface area contributed by atoms with Gasteiger partial charge in [-0.05, 0) is 55.1 Å². The van der Waals surface area contributed by atoms with Gasteiger partial charge in [-0.3, -0.25) is 4.79 Å². The molecule has 1 fully saturated rings. The molecule has 1 heterocycles. The summed E-state index contributed by atoms with van der Waals surface area (Å²) in [5.41, 5.74) is 7.55. The molecule has 0 atom stereocenters. The van der Waals surface area contributed by atoms with Gasteiger partial charge in [0.2, 0.25) is 0 Å². The summed E-state index contributed by atoms with van der Waals surface area (Å²) in [4.78, 5) is 14.5. The summed E-state index contributed by atoms with van der Waals surface area (Å²) in [6, 6.07) is 17.5. The van der Waals surface area contributed by atoms with Crippen molar-refractivity contribution in [2.45, 2.75) is 19.4 Å². The highest BCUT2D eigenvalue weighted by atomic mass is 35.5. The second-order valence-corrected chi connectivity index (χ2v) is 6.27. The van der Waals surface area contributed by atoms with E-state index in [-0.39, 0.29) is 18.3 Å². The summed E-state index contributed by atoms with van der Waals surface area (Å²) < 4.78 is 5.76. The van der Waals surface area contributed by atoms with Gasteiger partial charge in [-0.25, -0.2) is 0 Å². The van der Waals surface area contributed by atoms with E-state index in [2.05, 4.69) is 0 Å². The first-order valence-electron chi connectivity index (χ1n) is 8.52. The number of amides is 1. The van der Waals surface area contributed by atoms with Gasteiger partial charge in [-0.15, -0.1) is 12.4 Å². The molecule has 1 saturated heterocycles. The topological polar surface area (TPSA) is 55.6 Å². The number of nitrogens with two attached hydrogens (primary N) is 1. The average Bonchev–Trinajstić information content (AvgIpc) is 2.67. The van der Waals surface area contributed by atoms with Gasteiger partial charge in [0.1, 0.15) is 12.4 Å². The second-order valence-electron chi connectivity index (χ2n) is 6.27. The van der Waals surface area contributed by atoms with Gasteiger partial charge in [-0.2, -0.15) is 0 Å². The molecule has 0 bridgehead atoms. The molecule has 0 aliphatic carbocycles. The predicted molar refractivity (Wildman–Crippen MR) is 102 cm³/mol. The van der Waals surface area contributed by atoms with Crippen molar-refractivity contribution in [2.75, 3.05) is 19.6 Å². The molecular weight excluding hydrogens is 336 g/mol. The number of hydrogen-bond acceptors (Lipinski definition) is 3. The molecule has 5 heteroatoms. The van der Waals surface area contributed by atoms with Gasteiger partial charge in [0, 0.05) is 18.7 Å². The lowest BCUT2D eigenvalue weighted by atomic mass is 9.96. The van der Waals surface area contributed by atoms with E-state index in [1.54, 1.807) is 0 Å². The van der Waals surface area contributed by atoms with Crippen molar-refractivity contribution in [3.8, 4) is 5.75 Å². The van der Waals surface area contributed by atoms with Crippen molar-refractivity contribution in [2.24, 2.45) is 11.7 Å². The molecule has 0 aromatic heterocycles. The summed E-state index contributed by atoms with van der Waals surface area (Å²) >= 11 is 0. The predicted octanol–water partition coefficient (Wildman–Crippen LogP) is 3.50. The Morgan fingerprint density at radius 1 is 1.04 bits per heavy atom. The maximum atomic E-state index is 12.5. The lowest BCUT2D eigenvalue weighted by molar-refractivity contribution is 0.0693. The molecular formula is C20H25ClN2O2. The smallest absolute Gasteiger partial charge is 0.253 e. The standard InChI is InChI=1S/C20H24N2O2.ClH/c21-14-16-10-12-22(13-11-16)20(23)18-6-8-19(9-7-18)24-15-17-4-2-1-3-5-17;/h1-9,16H,10-15,21H2;1H. The first-order chi connectivity index (χ1) is 11.8. The third-order valence-electron chi connectivity index (χ3n) is 4.58. The molecule has 25 heavy (non-hydrogen) atoms. The third kappa shape index (κ3) is 5.21. The van der Waals surface area contributed by atoms with E-state index in [1.807, 2.05) is 59.5 Å². The molecule has 2 N–H and O–H groups in total. The van der Waals surface area contributed by atoms with Crippen LogP contribution in [0.15, 0.2) is 54.6 Å². The molecule has 0 radical (unpaired) electrons. The molecule has 1 aliphatic rings. The van der Waals surface area contributed by atoms with Gasteiger partial charge in [0.25, 0.3) is 5.91 Å². The molecule has 0 spiro atoms. The van der Waals surface area contributed by atoms with Crippen molar-refractivity contribution < 1.29 is 9.53 Å². The maximum Gasteiger partial charge on any atom is 0.253 e. The number of carbonyl (C=O) groups excluding carboxylic acids is 1. The summed E-state index contributed by atoms with van der Waals surface area (Å²) in [7, 11) is 0. The van der Waals surface area contributed by atoms with Gasteiger partial charge in [0.05, 0.1) is 0 Å². The normalized spacial score (nSPS) is 14.7. The fourth-order valence-electron chi connectivity index (χ4n) is 2.99. The largest absolute Gasteiger partial charge is 0.489 e. The number of carbonyl (C=O) groups is 1. The monoisotopic (exact) mass is 360 g/mol. The number of piperidine rings is 1. The Balaban J connectivity index is 0.00000225. The zero-order valence-corrected chi connectivity index (χ0v) is 15.1. The Bertz CT molecular complexity index is 653. The first-order valence-corrected chi connectivity index (χ1v) is 8.52. The van der Waals surface area contributed by atoms with Gasteiger partial charge in [-0.1, -0.05) is 30.3 Å². The molecule has 1 aliphatic heterocycles. The highest BCUT2D eigenvalue weighted by molar-refractivity contribution is 5.94. The van der Waals surface area contributed by atoms with Crippen LogP contribution >= 0.6 is 12.4 Å². The quantitative estimate of drug-likeness (QED) is 0.887. The summed E-state index contributed by atoms with van der Waals surface area (Å²) in [6.07, 6.45) is 2.00. The van der Waals surface area contributed by atoms with Crippen LogP contribution in [0.25, 0.3) is 0 Å². The second kappa shape index (κ2) is 9.44. The Labute approximate surface area is 155 Å². The number of hydrogen-bond donors (Lipinski definition) is 1. The van der Waals surface area contributed by atoms with E-state index in [4.69, 9.17) is 10.5 Å². The Kier molecular flexibility index (Phi) is 7.29. The lowest BCUT2D eigenvalue weighted by Gasteiger charge is -2.31. The minimum atomic E-state index is 0. The van der Waals surface area contributed by atoms with Crippen LogP contribution in [0.5, 0.6) is 5.75 Å². The SMILES string of the molecule is Cl.NCC1CCN(C(=O)c2ccc(OCc3ccccc3)cc2)CC1. The Hall–Kier alpha value is -2.04. The van der Waals surface area contributed by atoms with E-state index >= 15 is 0 Å². The number of benzene rings is 2. The molecule has 3 rings (SSSR count). The zero-order chi connectivity index (χ0) is 16.8. The third-order valence-corrected chi connectivity index (χ3v) is 4.58. The number of nitrogens with zero attached hydrogens (tertiary/aromatic N) is 1. The fraction of sp³-hybridized carbons (Fsp3) is 0.350.